The lowest BCUT2D eigenvalue weighted by molar-refractivity contribution is 1.41. The lowest BCUT2D eigenvalue weighted by atomic mass is 10.2. The van der Waals surface area contributed by atoms with Crippen molar-refractivity contribution in [3.8, 4) is 6.07 Å². The topological polar surface area (TPSA) is 23.8 Å². The van der Waals surface area contributed by atoms with Gasteiger partial charge in [0.1, 0.15) is 12.5 Å². The van der Waals surface area contributed by atoms with Gasteiger partial charge in [0.25, 0.3) is 0 Å². The van der Waals surface area contributed by atoms with Gasteiger partial charge in [0.2, 0.25) is 0 Å². The van der Waals surface area contributed by atoms with E-state index in [0.29, 0.717) is 10.9 Å². The third-order valence-electron chi connectivity index (χ3n) is 1.45. The lowest BCUT2D eigenvalue weighted by Gasteiger charge is -1.94. The van der Waals surface area contributed by atoms with Gasteiger partial charge in [-0.15, -0.1) is 0 Å². The molecule has 1 aromatic carbocycles. The Bertz CT molecular complexity index is 269. The molecule has 0 saturated carbocycles. The van der Waals surface area contributed by atoms with Gasteiger partial charge >= 0.3 is 0 Å². The van der Waals surface area contributed by atoms with Crippen molar-refractivity contribution in [2.24, 2.45) is 0 Å². The van der Waals surface area contributed by atoms with Gasteiger partial charge in [0.05, 0.1) is 11.6 Å². The third-order valence-corrected chi connectivity index (χ3v) is 2.67. The van der Waals surface area contributed by atoms with Crippen LogP contribution in [0.5, 0.6) is 0 Å². The molecule has 11 heavy (non-hydrogen) atoms. The second-order valence-electron chi connectivity index (χ2n) is 2.45. The Hall–Kier alpha value is -0.940. The maximum atomic E-state index is 8.52. The molecule has 1 aromatic rings. The molecular weight excluding hydrogens is 154 g/mol. The van der Waals surface area contributed by atoms with E-state index < -0.39 is 0 Å². The summed E-state index contributed by atoms with van der Waals surface area (Å²) in [5, 5.41) is 8.52. The van der Waals surface area contributed by atoms with Gasteiger partial charge < -0.3 is 0 Å². The van der Waals surface area contributed by atoms with E-state index in [1.165, 1.54) is 4.90 Å². The maximum absolute atomic E-state index is 8.52. The molecule has 0 heterocycles. The molecule has 0 bridgehead atoms. The summed E-state index contributed by atoms with van der Waals surface area (Å²) in [7, 11) is 0.301. The Kier molecular flexibility index (Phi) is 2.56. The molecule has 0 unspecified atom stereocenters. The van der Waals surface area contributed by atoms with Gasteiger partial charge in [-0.3, -0.25) is 0 Å². The molecule has 2 heteroatoms. The van der Waals surface area contributed by atoms with Crippen LogP contribution in [0.15, 0.2) is 29.2 Å². The molecule has 0 aliphatic rings. The van der Waals surface area contributed by atoms with Crippen molar-refractivity contribution in [1.82, 2.24) is 0 Å². The van der Waals surface area contributed by atoms with Gasteiger partial charge in [-0.25, -0.2) is 0 Å². The molecule has 0 amide bonds. The molecule has 1 nitrogen and oxygen atoms in total. The molecule has 0 aliphatic heterocycles. The van der Waals surface area contributed by atoms with E-state index in [-0.39, 0.29) is 0 Å². The Morgan fingerprint density at radius 3 is 2.09 bits per heavy atom. The van der Waals surface area contributed by atoms with Gasteiger partial charge in [-0.05, 0) is 24.3 Å². The number of rotatable bonds is 1. The summed E-state index contributed by atoms with van der Waals surface area (Å²) in [5.74, 6) is 0. The minimum atomic E-state index is 0.301. The van der Waals surface area contributed by atoms with E-state index in [1.54, 1.807) is 0 Å². The SMILES string of the molecule is C[S+](C)c1ccc(C#N)cc1. The maximum Gasteiger partial charge on any atom is 0.154 e. The lowest BCUT2D eigenvalue weighted by Crippen LogP contribution is -1.94. The fraction of sp³-hybridized carbons (Fsp3) is 0.222. The van der Waals surface area contributed by atoms with Crippen LogP contribution in [0.3, 0.4) is 0 Å². The Morgan fingerprint density at radius 2 is 1.73 bits per heavy atom. The minimum Gasteiger partial charge on any atom is -0.192 e. The molecule has 56 valence electrons. The fourth-order valence-electron chi connectivity index (χ4n) is 0.802. The molecule has 0 aromatic heterocycles. The highest BCUT2D eigenvalue weighted by molar-refractivity contribution is 7.95. The van der Waals surface area contributed by atoms with Crippen LogP contribution in [0.2, 0.25) is 0 Å². The first-order valence-corrected chi connectivity index (χ1v) is 5.36. The smallest absolute Gasteiger partial charge is 0.154 e. The highest BCUT2D eigenvalue weighted by atomic mass is 32.2. The summed E-state index contributed by atoms with van der Waals surface area (Å²) in [5.41, 5.74) is 0.735. The molecule has 0 spiro atoms. The van der Waals surface area contributed by atoms with Crippen LogP contribution in [0.25, 0.3) is 0 Å². The van der Waals surface area contributed by atoms with Crippen LogP contribution < -0.4 is 0 Å². The normalized spacial score (nSPS) is 9.64. The zero-order valence-corrected chi connectivity index (χ0v) is 7.48. The molecule has 0 atom stereocenters. The van der Waals surface area contributed by atoms with Crippen LogP contribution in [-0.2, 0) is 10.9 Å². The van der Waals surface area contributed by atoms with E-state index in [4.69, 9.17) is 5.26 Å². The number of nitriles is 1. The predicted molar refractivity (Wildman–Crippen MR) is 48.6 cm³/mol. The first-order chi connectivity index (χ1) is 5.24. The fourth-order valence-corrected chi connectivity index (χ4v) is 1.48. The second-order valence-corrected chi connectivity index (χ2v) is 4.56. The molecule has 0 N–H and O–H groups in total. The number of nitrogens with zero attached hydrogens (tertiary/aromatic N) is 1. The molecule has 0 saturated heterocycles. The summed E-state index contributed by atoms with van der Waals surface area (Å²) in [6.07, 6.45) is 4.34. The first kappa shape index (κ1) is 8.16. The van der Waals surface area contributed by atoms with Crippen molar-refractivity contribution in [3.63, 3.8) is 0 Å². The van der Waals surface area contributed by atoms with E-state index in [9.17, 15) is 0 Å². The van der Waals surface area contributed by atoms with Crippen molar-refractivity contribution in [3.05, 3.63) is 29.8 Å². The first-order valence-electron chi connectivity index (χ1n) is 3.32. The van der Waals surface area contributed by atoms with E-state index in [2.05, 4.69) is 18.6 Å². The molecule has 0 aliphatic carbocycles. The van der Waals surface area contributed by atoms with Crippen LogP contribution in [0.4, 0.5) is 0 Å². The standard InChI is InChI=1S/C9H10NS/c1-11(2)9-5-3-8(7-10)4-6-9/h3-6H,1-2H3/q+1. The van der Waals surface area contributed by atoms with Gasteiger partial charge in [-0.2, -0.15) is 5.26 Å². The average molecular weight is 164 g/mol. The van der Waals surface area contributed by atoms with Crippen molar-refractivity contribution >= 4 is 10.9 Å². The van der Waals surface area contributed by atoms with Crippen LogP contribution >= 0.6 is 0 Å². The Morgan fingerprint density at radius 1 is 1.18 bits per heavy atom. The minimum absolute atomic E-state index is 0.301. The summed E-state index contributed by atoms with van der Waals surface area (Å²) < 4.78 is 0. The van der Waals surface area contributed by atoms with Gasteiger partial charge in [-0.1, -0.05) is 0 Å². The quantitative estimate of drug-likeness (QED) is 0.580. The van der Waals surface area contributed by atoms with Crippen LogP contribution in [0, 0.1) is 11.3 Å². The molecule has 0 fully saturated rings. The summed E-state index contributed by atoms with van der Waals surface area (Å²) in [4.78, 5) is 1.31. The number of hydrogen-bond acceptors (Lipinski definition) is 1. The van der Waals surface area contributed by atoms with Gasteiger partial charge in [0, 0.05) is 10.9 Å². The van der Waals surface area contributed by atoms with Crippen molar-refractivity contribution < 1.29 is 0 Å². The third kappa shape index (κ3) is 1.99. The van der Waals surface area contributed by atoms with Crippen LogP contribution in [-0.4, -0.2) is 12.5 Å². The van der Waals surface area contributed by atoms with Crippen molar-refractivity contribution in [2.75, 3.05) is 12.5 Å². The predicted octanol–water partition coefficient (Wildman–Crippen LogP) is 1.80. The summed E-state index contributed by atoms with van der Waals surface area (Å²) in [6.45, 7) is 0. The number of benzene rings is 1. The van der Waals surface area contributed by atoms with E-state index in [0.717, 1.165) is 5.56 Å². The summed E-state index contributed by atoms with van der Waals surface area (Å²) >= 11 is 0. The molecule has 1 rings (SSSR count). The van der Waals surface area contributed by atoms with Crippen LogP contribution in [0.1, 0.15) is 5.56 Å². The highest BCUT2D eigenvalue weighted by Crippen LogP contribution is 2.09. The average Bonchev–Trinajstić information content (AvgIpc) is 2.05. The largest absolute Gasteiger partial charge is 0.192 e. The number of hydrogen-bond donors (Lipinski definition) is 0. The zero-order chi connectivity index (χ0) is 8.27. The van der Waals surface area contributed by atoms with E-state index >= 15 is 0 Å². The molecule has 0 radical (unpaired) electrons. The Balaban J connectivity index is 2.94. The van der Waals surface area contributed by atoms with Gasteiger partial charge in [0.15, 0.2) is 4.90 Å². The van der Waals surface area contributed by atoms with Crippen molar-refractivity contribution in [2.45, 2.75) is 4.90 Å². The van der Waals surface area contributed by atoms with E-state index in [1.807, 2.05) is 24.3 Å². The van der Waals surface area contributed by atoms with Crippen molar-refractivity contribution in [1.29, 1.82) is 5.26 Å². The molecular formula is C9H10NS+. The zero-order valence-electron chi connectivity index (χ0n) is 6.66. The second kappa shape index (κ2) is 3.45. The monoisotopic (exact) mass is 164 g/mol. The summed E-state index contributed by atoms with van der Waals surface area (Å²) in [6, 6.07) is 9.85. The Labute approximate surface area is 70.0 Å². The highest BCUT2D eigenvalue weighted by Gasteiger charge is 2.05.